The average molecular weight is 234 g/mol. The largest absolute Gasteiger partial charge is 0.496 e. The van der Waals surface area contributed by atoms with E-state index >= 15 is 0 Å². The average Bonchev–Trinajstić information content (AvgIpc) is 2.61. The predicted octanol–water partition coefficient (Wildman–Crippen LogP) is 2.93. The lowest BCUT2D eigenvalue weighted by Crippen LogP contribution is -2.30. The third kappa shape index (κ3) is 1.57. The van der Waals surface area contributed by atoms with E-state index in [9.17, 15) is 0 Å². The Morgan fingerprint density at radius 1 is 1.35 bits per heavy atom. The Morgan fingerprint density at radius 2 is 2.06 bits per heavy atom. The zero-order chi connectivity index (χ0) is 12.6. The fourth-order valence-electron chi connectivity index (χ4n) is 2.25. The number of benzene rings is 1. The summed E-state index contributed by atoms with van der Waals surface area (Å²) in [5, 5.41) is 0. The number of fused-ring (bicyclic) bond motifs is 1. The smallest absolute Gasteiger partial charge is 0.131 e. The molecule has 0 radical (unpaired) electrons. The van der Waals surface area contributed by atoms with Crippen LogP contribution in [0.2, 0.25) is 0 Å². The summed E-state index contributed by atoms with van der Waals surface area (Å²) in [5.74, 6) is 2.34. The molecule has 0 aliphatic carbocycles. The van der Waals surface area contributed by atoms with Gasteiger partial charge in [-0.3, -0.25) is 0 Å². The van der Waals surface area contributed by atoms with Crippen LogP contribution in [0.3, 0.4) is 0 Å². The summed E-state index contributed by atoms with van der Waals surface area (Å²) < 4.78 is 16.5. The monoisotopic (exact) mass is 234 g/mol. The number of hydrogen-bond donors (Lipinski definition) is 0. The van der Waals surface area contributed by atoms with E-state index < -0.39 is 0 Å². The highest BCUT2D eigenvalue weighted by molar-refractivity contribution is 5.59. The molecule has 3 nitrogen and oxygen atoms in total. The van der Waals surface area contributed by atoms with Crippen molar-refractivity contribution in [3.05, 3.63) is 30.4 Å². The highest BCUT2D eigenvalue weighted by atomic mass is 16.5. The fraction of sp³-hybridized carbons (Fsp3) is 0.429. The molecule has 0 spiro atoms. The molecule has 1 aliphatic rings. The van der Waals surface area contributed by atoms with Crippen LogP contribution in [0, 0.1) is 0 Å². The van der Waals surface area contributed by atoms with E-state index in [0.29, 0.717) is 0 Å². The van der Waals surface area contributed by atoms with Crippen molar-refractivity contribution in [2.24, 2.45) is 0 Å². The van der Waals surface area contributed by atoms with E-state index in [0.717, 1.165) is 22.8 Å². The van der Waals surface area contributed by atoms with Gasteiger partial charge in [-0.1, -0.05) is 6.08 Å². The van der Waals surface area contributed by atoms with Crippen LogP contribution >= 0.6 is 0 Å². The Kier molecular flexibility index (Phi) is 2.77. The van der Waals surface area contributed by atoms with E-state index in [2.05, 4.69) is 13.5 Å². The molecule has 3 heteroatoms. The van der Waals surface area contributed by atoms with Crippen molar-refractivity contribution in [1.29, 1.82) is 0 Å². The van der Waals surface area contributed by atoms with Gasteiger partial charge >= 0.3 is 0 Å². The number of methoxy groups -OCH3 is 2. The molecule has 2 unspecified atom stereocenters. The Balaban J connectivity index is 2.65. The second-order valence-corrected chi connectivity index (χ2v) is 4.45. The van der Waals surface area contributed by atoms with Gasteiger partial charge < -0.3 is 14.2 Å². The summed E-state index contributed by atoms with van der Waals surface area (Å²) >= 11 is 0. The molecule has 1 aliphatic heterocycles. The third-order valence-corrected chi connectivity index (χ3v) is 3.61. The first-order valence-corrected chi connectivity index (χ1v) is 5.63. The van der Waals surface area contributed by atoms with E-state index in [-0.39, 0.29) is 11.5 Å². The Bertz CT molecular complexity index is 453. The number of rotatable bonds is 3. The van der Waals surface area contributed by atoms with Crippen LogP contribution < -0.4 is 14.2 Å². The van der Waals surface area contributed by atoms with E-state index in [1.54, 1.807) is 14.2 Å². The molecule has 0 bridgehead atoms. The van der Waals surface area contributed by atoms with Crippen molar-refractivity contribution in [3.63, 3.8) is 0 Å². The number of ether oxygens (including phenoxy) is 3. The van der Waals surface area contributed by atoms with Crippen molar-refractivity contribution in [2.45, 2.75) is 25.4 Å². The van der Waals surface area contributed by atoms with Crippen molar-refractivity contribution in [1.82, 2.24) is 0 Å². The van der Waals surface area contributed by atoms with Crippen molar-refractivity contribution in [3.8, 4) is 17.2 Å². The Labute approximate surface area is 102 Å². The minimum atomic E-state index is -0.229. The Hall–Kier alpha value is -1.64. The zero-order valence-corrected chi connectivity index (χ0v) is 10.7. The van der Waals surface area contributed by atoms with Gasteiger partial charge in [0.15, 0.2) is 0 Å². The minimum absolute atomic E-state index is 0.0380. The standard InChI is InChI=1S/C14H18O3/c1-6-14(3)9(2)17-12-8-10(15-4)7-11(16-5)13(12)14/h6-9H,1H2,2-5H3. The third-order valence-electron chi connectivity index (χ3n) is 3.61. The van der Waals surface area contributed by atoms with Crippen LogP contribution in [0.25, 0.3) is 0 Å². The lowest BCUT2D eigenvalue weighted by molar-refractivity contribution is 0.200. The van der Waals surface area contributed by atoms with Crippen LogP contribution in [-0.2, 0) is 5.41 Å². The summed E-state index contributed by atoms with van der Waals surface area (Å²) in [4.78, 5) is 0. The molecule has 17 heavy (non-hydrogen) atoms. The first-order chi connectivity index (χ1) is 8.06. The van der Waals surface area contributed by atoms with E-state index in [4.69, 9.17) is 14.2 Å². The van der Waals surface area contributed by atoms with Crippen LogP contribution in [0.15, 0.2) is 24.8 Å². The molecule has 0 amide bonds. The van der Waals surface area contributed by atoms with E-state index in [1.807, 2.05) is 25.1 Å². The second kappa shape index (κ2) is 3.99. The van der Waals surface area contributed by atoms with Gasteiger partial charge in [0.25, 0.3) is 0 Å². The van der Waals surface area contributed by atoms with Crippen LogP contribution in [0.4, 0.5) is 0 Å². The van der Waals surface area contributed by atoms with Gasteiger partial charge in [-0.2, -0.15) is 0 Å². The molecule has 1 aromatic carbocycles. The molecule has 0 fully saturated rings. The zero-order valence-electron chi connectivity index (χ0n) is 10.7. The molecular formula is C14H18O3. The fourth-order valence-corrected chi connectivity index (χ4v) is 2.25. The Morgan fingerprint density at radius 3 is 2.59 bits per heavy atom. The maximum Gasteiger partial charge on any atom is 0.131 e. The van der Waals surface area contributed by atoms with Gasteiger partial charge in [0.05, 0.1) is 19.6 Å². The molecule has 2 atom stereocenters. The van der Waals surface area contributed by atoms with Gasteiger partial charge in [0, 0.05) is 17.7 Å². The molecular weight excluding hydrogens is 216 g/mol. The molecule has 0 N–H and O–H groups in total. The minimum Gasteiger partial charge on any atom is -0.496 e. The summed E-state index contributed by atoms with van der Waals surface area (Å²) in [6.45, 7) is 8.05. The SMILES string of the molecule is C=CC1(C)c2c(OC)cc(OC)cc2OC1C. The highest BCUT2D eigenvalue weighted by Gasteiger charge is 2.43. The summed E-state index contributed by atoms with van der Waals surface area (Å²) in [7, 11) is 3.29. The summed E-state index contributed by atoms with van der Waals surface area (Å²) in [6.07, 6.45) is 1.95. The van der Waals surface area contributed by atoms with Crippen molar-refractivity contribution < 1.29 is 14.2 Å². The predicted molar refractivity (Wildman–Crippen MR) is 67.2 cm³/mol. The molecule has 1 aromatic rings. The maximum absolute atomic E-state index is 5.87. The van der Waals surface area contributed by atoms with Gasteiger partial charge in [-0.15, -0.1) is 6.58 Å². The van der Waals surface area contributed by atoms with Gasteiger partial charge in [0.2, 0.25) is 0 Å². The normalized spacial score (nSPS) is 26.0. The number of hydrogen-bond acceptors (Lipinski definition) is 3. The van der Waals surface area contributed by atoms with Crippen LogP contribution in [0.5, 0.6) is 17.2 Å². The molecule has 0 saturated heterocycles. The van der Waals surface area contributed by atoms with E-state index in [1.165, 1.54) is 0 Å². The highest BCUT2D eigenvalue weighted by Crippen LogP contribution is 2.50. The topological polar surface area (TPSA) is 27.7 Å². The lowest BCUT2D eigenvalue weighted by atomic mass is 9.79. The van der Waals surface area contributed by atoms with Gasteiger partial charge in [0.1, 0.15) is 23.4 Å². The van der Waals surface area contributed by atoms with Crippen LogP contribution in [-0.4, -0.2) is 20.3 Å². The molecule has 0 saturated carbocycles. The van der Waals surface area contributed by atoms with Crippen molar-refractivity contribution >= 4 is 0 Å². The van der Waals surface area contributed by atoms with Gasteiger partial charge in [-0.05, 0) is 13.8 Å². The molecule has 92 valence electrons. The molecule has 0 aromatic heterocycles. The van der Waals surface area contributed by atoms with Gasteiger partial charge in [-0.25, -0.2) is 0 Å². The first-order valence-electron chi connectivity index (χ1n) is 5.63. The summed E-state index contributed by atoms with van der Waals surface area (Å²) in [6, 6.07) is 3.77. The first kappa shape index (κ1) is 11.8. The van der Waals surface area contributed by atoms with Crippen LogP contribution in [0.1, 0.15) is 19.4 Å². The summed E-state index contributed by atoms with van der Waals surface area (Å²) in [5.41, 5.74) is 0.816. The van der Waals surface area contributed by atoms with Crippen molar-refractivity contribution in [2.75, 3.05) is 14.2 Å². The molecule has 2 rings (SSSR count). The quantitative estimate of drug-likeness (QED) is 0.753. The second-order valence-electron chi connectivity index (χ2n) is 4.45. The lowest BCUT2D eigenvalue weighted by Gasteiger charge is -2.24. The maximum atomic E-state index is 5.87. The molecule has 1 heterocycles.